The number of hydrogen-bond acceptors (Lipinski definition) is 2. The summed E-state index contributed by atoms with van der Waals surface area (Å²) in [6.45, 7) is 6.88. The van der Waals surface area contributed by atoms with Gasteiger partial charge in [0.15, 0.2) is 0 Å². The number of carbonyl (C=O) groups is 1. The topological polar surface area (TPSA) is 41.1 Å². The lowest BCUT2D eigenvalue weighted by Gasteiger charge is -2.27. The monoisotopic (exact) mass is 296 g/mol. The quantitative estimate of drug-likeness (QED) is 0.896. The first-order valence-corrected chi connectivity index (χ1v) is 7.15. The number of halogens is 1. The van der Waals surface area contributed by atoms with E-state index in [1.807, 2.05) is 44.2 Å². The van der Waals surface area contributed by atoms with E-state index in [-0.39, 0.29) is 18.3 Å². The van der Waals surface area contributed by atoms with Crippen LogP contribution in [0.15, 0.2) is 30.3 Å². The van der Waals surface area contributed by atoms with Crippen molar-refractivity contribution in [3.05, 3.63) is 35.9 Å². The van der Waals surface area contributed by atoms with Gasteiger partial charge in [-0.25, -0.2) is 0 Å². The Kier molecular flexibility index (Phi) is 6.50. The summed E-state index contributed by atoms with van der Waals surface area (Å²) in [5, 5.41) is 6.49. The molecule has 1 unspecified atom stereocenters. The molecule has 112 valence electrons. The van der Waals surface area contributed by atoms with Crippen molar-refractivity contribution >= 4 is 18.3 Å². The van der Waals surface area contributed by atoms with E-state index in [4.69, 9.17) is 0 Å². The zero-order valence-corrected chi connectivity index (χ0v) is 13.1. The molecule has 1 fully saturated rings. The van der Waals surface area contributed by atoms with Crippen molar-refractivity contribution in [2.75, 3.05) is 19.6 Å². The van der Waals surface area contributed by atoms with E-state index in [2.05, 4.69) is 10.6 Å². The number of nitrogens with one attached hydrogen (secondary N) is 2. The van der Waals surface area contributed by atoms with Crippen molar-refractivity contribution in [3.63, 3.8) is 0 Å². The first-order chi connectivity index (χ1) is 9.10. The minimum Gasteiger partial charge on any atom is -0.355 e. The Hall–Kier alpha value is -1.06. The highest BCUT2D eigenvalue weighted by Gasteiger charge is 2.29. The Morgan fingerprint density at radius 2 is 2.05 bits per heavy atom. The Morgan fingerprint density at radius 3 is 2.65 bits per heavy atom. The standard InChI is InChI=1S/C16H24N2O.ClH/c1-16(2,14-8-4-3-5-9-14)15(19)18-12-13-7-6-10-17-11-13;/h3-5,8-9,13,17H,6-7,10-12H2,1-2H3,(H,18,19);1H. The summed E-state index contributed by atoms with van der Waals surface area (Å²) in [6.07, 6.45) is 2.42. The summed E-state index contributed by atoms with van der Waals surface area (Å²) in [6, 6.07) is 9.97. The van der Waals surface area contributed by atoms with Crippen molar-refractivity contribution < 1.29 is 4.79 Å². The third-order valence-electron chi connectivity index (χ3n) is 4.01. The van der Waals surface area contributed by atoms with E-state index < -0.39 is 5.41 Å². The van der Waals surface area contributed by atoms with Crippen LogP contribution in [-0.2, 0) is 10.2 Å². The maximum atomic E-state index is 12.4. The fourth-order valence-corrected chi connectivity index (χ4v) is 2.54. The molecular weight excluding hydrogens is 272 g/mol. The van der Waals surface area contributed by atoms with Crippen LogP contribution in [0, 0.1) is 5.92 Å². The highest BCUT2D eigenvalue weighted by Crippen LogP contribution is 2.23. The molecule has 20 heavy (non-hydrogen) atoms. The molecule has 4 heteroatoms. The maximum absolute atomic E-state index is 12.4. The first kappa shape index (κ1) is 17.0. The minimum absolute atomic E-state index is 0. The number of piperidine rings is 1. The Labute approximate surface area is 127 Å². The summed E-state index contributed by atoms with van der Waals surface area (Å²) < 4.78 is 0. The molecule has 0 radical (unpaired) electrons. The van der Waals surface area contributed by atoms with Crippen LogP contribution < -0.4 is 10.6 Å². The Morgan fingerprint density at radius 1 is 1.35 bits per heavy atom. The third-order valence-corrected chi connectivity index (χ3v) is 4.01. The number of benzene rings is 1. The number of amides is 1. The minimum atomic E-state index is -0.469. The molecule has 0 aromatic heterocycles. The van der Waals surface area contributed by atoms with Crippen LogP contribution in [0.1, 0.15) is 32.3 Å². The first-order valence-electron chi connectivity index (χ1n) is 7.15. The average Bonchev–Trinajstić information content (AvgIpc) is 2.46. The lowest BCUT2D eigenvalue weighted by atomic mass is 9.83. The molecule has 2 rings (SSSR count). The van der Waals surface area contributed by atoms with Crippen LogP contribution >= 0.6 is 12.4 Å². The molecule has 2 N–H and O–H groups in total. The van der Waals surface area contributed by atoms with Crippen molar-refractivity contribution in [2.24, 2.45) is 5.92 Å². The van der Waals surface area contributed by atoms with Crippen molar-refractivity contribution in [1.29, 1.82) is 0 Å². The molecule has 1 atom stereocenters. The molecule has 1 amide bonds. The van der Waals surface area contributed by atoms with Crippen LogP contribution in [0.3, 0.4) is 0 Å². The second-order valence-corrected chi connectivity index (χ2v) is 5.91. The van der Waals surface area contributed by atoms with Crippen LogP contribution in [0.25, 0.3) is 0 Å². The predicted octanol–water partition coefficient (Wildman–Crippen LogP) is 2.50. The van der Waals surface area contributed by atoms with E-state index >= 15 is 0 Å². The summed E-state index contributed by atoms with van der Waals surface area (Å²) in [7, 11) is 0. The van der Waals surface area contributed by atoms with Crippen LogP contribution in [0.4, 0.5) is 0 Å². The van der Waals surface area contributed by atoms with Gasteiger partial charge in [-0.15, -0.1) is 12.4 Å². The molecule has 0 saturated carbocycles. The van der Waals surface area contributed by atoms with Gasteiger partial charge in [0.1, 0.15) is 0 Å². The number of hydrogen-bond donors (Lipinski definition) is 2. The second kappa shape index (κ2) is 7.65. The Balaban J connectivity index is 0.00000200. The molecule has 0 spiro atoms. The SMILES string of the molecule is CC(C)(C(=O)NCC1CCCNC1)c1ccccc1.Cl. The molecule has 0 aliphatic carbocycles. The summed E-state index contributed by atoms with van der Waals surface area (Å²) in [4.78, 5) is 12.4. The zero-order chi connectivity index (χ0) is 13.7. The van der Waals surface area contributed by atoms with Crippen molar-refractivity contribution in [2.45, 2.75) is 32.1 Å². The summed E-state index contributed by atoms with van der Waals surface area (Å²) in [5.41, 5.74) is 0.595. The summed E-state index contributed by atoms with van der Waals surface area (Å²) in [5.74, 6) is 0.688. The van der Waals surface area contributed by atoms with E-state index in [0.29, 0.717) is 5.92 Å². The maximum Gasteiger partial charge on any atom is 0.230 e. The number of rotatable bonds is 4. The lowest BCUT2D eigenvalue weighted by Crippen LogP contribution is -2.44. The predicted molar refractivity (Wildman–Crippen MR) is 85.3 cm³/mol. The molecule has 1 aliphatic rings. The fraction of sp³-hybridized carbons (Fsp3) is 0.562. The van der Waals surface area contributed by atoms with Gasteiger partial charge in [0.2, 0.25) is 5.91 Å². The van der Waals surface area contributed by atoms with Crippen LogP contribution in [0.5, 0.6) is 0 Å². The van der Waals surface area contributed by atoms with Gasteiger partial charge >= 0.3 is 0 Å². The van der Waals surface area contributed by atoms with Gasteiger partial charge in [-0.1, -0.05) is 30.3 Å². The van der Waals surface area contributed by atoms with E-state index in [1.54, 1.807) is 0 Å². The zero-order valence-electron chi connectivity index (χ0n) is 12.3. The van der Waals surface area contributed by atoms with Gasteiger partial charge in [-0.3, -0.25) is 4.79 Å². The van der Waals surface area contributed by atoms with Crippen molar-refractivity contribution in [1.82, 2.24) is 10.6 Å². The summed E-state index contributed by atoms with van der Waals surface area (Å²) >= 11 is 0. The highest BCUT2D eigenvalue weighted by molar-refractivity contribution is 5.87. The van der Waals surface area contributed by atoms with E-state index in [9.17, 15) is 4.79 Å². The molecule has 1 aliphatic heterocycles. The fourth-order valence-electron chi connectivity index (χ4n) is 2.54. The lowest BCUT2D eigenvalue weighted by molar-refractivity contribution is -0.125. The third kappa shape index (κ3) is 4.22. The normalized spacial score (nSPS) is 19.0. The van der Waals surface area contributed by atoms with Crippen molar-refractivity contribution in [3.8, 4) is 0 Å². The smallest absolute Gasteiger partial charge is 0.230 e. The largest absolute Gasteiger partial charge is 0.355 e. The van der Waals surface area contributed by atoms with Crippen LogP contribution in [0.2, 0.25) is 0 Å². The van der Waals surface area contributed by atoms with Gasteiger partial charge in [-0.05, 0) is 51.3 Å². The molecule has 1 saturated heterocycles. The van der Waals surface area contributed by atoms with E-state index in [1.165, 1.54) is 12.8 Å². The molecular formula is C16H25ClN2O. The van der Waals surface area contributed by atoms with Gasteiger partial charge in [0, 0.05) is 6.54 Å². The molecule has 0 bridgehead atoms. The van der Waals surface area contributed by atoms with Gasteiger partial charge in [-0.2, -0.15) is 0 Å². The van der Waals surface area contributed by atoms with Gasteiger partial charge in [0.05, 0.1) is 5.41 Å². The molecule has 3 nitrogen and oxygen atoms in total. The molecule has 1 aromatic rings. The highest BCUT2D eigenvalue weighted by atomic mass is 35.5. The van der Waals surface area contributed by atoms with E-state index in [0.717, 1.165) is 25.2 Å². The molecule has 1 aromatic carbocycles. The molecule has 1 heterocycles. The van der Waals surface area contributed by atoms with Crippen LogP contribution in [-0.4, -0.2) is 25.5 Å². The Bertz CT molecular complexity index is 414. The second-order valence-electron chi connectivity index (χ2n) is 5.91. The van der Waals surface area contributed by atoms with Gasteiger partial charge in [0.25, 0.3) is 0 Å². The number of carbonyl (C=O) groups excluding carboxylic acids is 1. The average molecular weight is 297 g/mol. The van der Waals surface area contributed by atoms with Gasteiger partial charge < -0.3 is 10.6 Å².